The molecule has 0 fully saturated rings. The lowest BCUT2D eigenvalue weighted by Crippen LogP contribution is -2.06. The lowest BCUT2D eigenvalue weighted by atomic mass is 10.1. The van der Waals surface area contributed by atoms with Crippen molar-refractivity contribution in [1.29, 1.82) is 0 Å². The molecule has 0 aromatic heterocycles. The first-order valence-corrected chi connectivity index (χ1v) is 5.01. The van der Waals surface area contributed by atoms with Gasteiger partial charge in [0, 0.05) is 0 Å². The highest BCUT2D eigenvalue weighted by molar-refractivity contribution is 5.26. The standard InChI is InChI=1S/C11H13F4N/c12-10-7-9(11(13,14)15)5-4-8(10)3-1-2-6-16/h4-5,7H,1-3,6,16H2. The van der Waals surface area contributed by atoms with Crippen molar-refractivity contribution in [1.82, 2.24) is 0 Å². The molecule has 0 atom stereocenters. The van der Waals surface area contributed by atoms with Crippen molar-refractivity contribution in [2.45, 2.75) is 25.4 Å². The Labute approximate surface area is 91.3 Å². The largest absolute Gasteiger partial charge is 0.416 e. The van der Waals surface area contributed by atoms with Gasteiger partial charge in [-0.3, -0.25) is 0 Å². The zero-order valence-corrected chi connectivity index (χ0v) is 8.65. The monoisotopic (exact) mass is 235 g/mol. The number of hydrogen-bond acceptors (Lipinski definition) is 1. The minimum Gasteiger partial charge on any atom is -0.330 e. The molecule has 1 nitrogen and oxygen atoms in total. The third kappa shape index (κ3) is 3.48. The molecule has 0 saturated carbocycles. The molecule has 0 aliphatic rings. The van der Waals surface area contributed by atoms with E-state index in [1.54, 1.807) is 0 Å². The summed E-state index contributed by atoms with van der Waals surface area (Å²) in [6, 6.07) is 2.63. The minimum atomic E-state index is -4.49. The predicted octanol–water partition coefficient (Wildman–Crippen LogP) is 3.13. The van der Waals surface area contributed by atoms with Crippen LogP contribution in [0.4, 0.5) is 17.6 Å². The number of benzene rings is 1. The highest BCUT2D eigenvalue weighted by Gasteiger charge is 2.30. The molecular weight excluding hydrogens is 222 g/mol. The van der Waals surface area contributed by atoms with Gasteiger partial charge < -0.3 is 5.73 Å². The summed E-state index contributed by atoms with van der Waals surface area (Å²) in [6.45, 7) is 0.502. The normalized spacial score (nSPS) is 11.8. The van der Waals surface area contributed by atoms with Crippen LogP contribution in [0.25, 0.3) is 0 Å². The Bertz CT molecular complexity index is 346. The molecule has 2 N–H and O–H groups in total. The summed E-state index contributed by atoms with van der Waals surface area (Å²) in [4.78, 5) is 0. The Morgan fingerprint density at radius 1 is 1.12 bits per heavy atom. The van der Waals surface area contributed by atoms with E-state index in [-0.39, 0.29) is 0 Å². The molecule has 0 bridgehead atoms. The van der Waals surface area contributed by atoms with Crippen molar-refractivity contribution in [3.8, 4) is 0 Å². The second kappa shape index (κ2) is 5.30. The van der Waals surface area contributed by atoms with Crippen LogP contribution in [-0.4, -0.2) is 6.54 Å². The first-order chi connectivity index (χ1) is 7.45. The zero-order chi connectivity index (χ0) is 12.2. The Morgan fingerprint density at radius 3 is 2.31 bits per heavy atom. The average molecular weight is 235 g/mol. The van der Waals surface area contributed by atoms with E-state index in [9.17, 15) is 17.6 Å². The maximum atomic E-state index is 13.3. The molecule has 0 amide bonds. The van der Waals surface area contributed by atoms with Crippen LogP contribution >= 0.6 is 0 Å². The van der Waals surface area contributed by atoms with Crippen LogP contribution in [0.5, 0.6) is 0 Å². The third-order valence-corrected chi connectivity index (χ3v) is 2.28. The Morgan fingerprint density at radius 2 is 1.81 bits per heavy atom. The van der Waals surface area contributed by atoms with Crippen molar-refractivity contribution in [2.75, 3.05) is 6.54 Å². The highest BCUT2D eigenvalue weighted by Crippen LogP contribution is 2.30. The van der Waals surface area contributed by atoms with Gasteiger partial charge in [-0.2, -0.15) is 13.2 Å². The number of hydrogen-bond donors (Lipinski definition) is 1. The maximum absolute atomic E-state index is 13.3. The summed E-state index contributed by atoms with van der Waals surface area (Å²) < 4.78 is 49.9. The lowest BCUT2D eigenvalue weighted by Gasteiger charge is -2.08. The van der Waals surface area contributed by atoms with Crippen LogP contribution in [0, 0.1) is 5.82 Å². The van der Waals surface area contributed by atoms with Gasteiger partial charge in [0.05, 0.1) is 5.56 Å². The smallest absolute Gasteiger partial charge is 0.330 e. The van der Waals surface area contributed by atoms with Crippen LogP contribution in [0.3, 0.4) is 0 Å². The fourth-order valence-electron chi connectivity index (χ4n) is 1.39. The molecule has 0 aliphatic heterocycles. The summed E-state index contributed by atoms with van der Waals surface area (Å²) >= 11 is 0. The number of halogens is 4. The summed E-state index contributed by atoms with van der Waals surface area (Å²) in [5.41, 5.74) is 4.62. The van der Waals surface area contributed by atoms with Crippen LogP contribution in [-0.2, 0) is 12.6 Å². The van der Waals surface area contributed by atoms with Crippen molar-refractivity contribution < 1.29 is 17.6 Å². The van der Waals surface area contributed by atoms with Gasteiger partial charge in [0.25, 0.3) is 0 Å². The number of aryl methyl sites for hydroxylation is 1. The van der Waals surface area contributed by atoms with Crippen molar-refractivity contribution in [2.24, 2.45) is 5.73 Å². The predicted molar refractivity (Wildman–Crippen MR) is 53.4 cm³/mol. The Kier molecular flexibility index (Phi) is 4.29. The van der Waals surface area contributed by atoms with Crippen molar-refractivity contribution in [3.63, 3.8) is 0 Å². The van der Waals surface area contributed by atoms with Crippen LogP contribution in [0.1, 0.15) is 24.0 Å². The first kappa shape index (κ1) is 13.0. The molecule has 0 aliphatic carbocycles. The average Bonchev–Trinajstić information content (AvgIpc) is 2.19. The number of rotatable bonds is 4. The maximum Gasteiger partial charge on any atom is 0.416 e. The molecular formula is C11H13F4N. The number of nitrogens with two attached hydrogens (primary N) is 1. The Hall–Kier alpha value is -1.10. The van der Waals surface area contributed by atoms with Gasteiger partial charge in [0.2, 0.25) is 0 Å². The second-order valence-electron chi connectivity index (χ2n) is 3.55. The third-order valence-electron chi connectivity index (χ3n) is 2.28. The van der Waals surface area contributed by atoms with E-state index >= 15 is 0 Å². The molecule has 0 radical (unpaired) electrons. The molecule has 1 aromatic carbocycles. The molecule has 5 heteroatoms. The van der Waals surface area contributed by atoms with Gasteiger partial charge >= 0.3 is 6.18 Å². The van der Waals surface area contributed by atoms with E-state index in [0.29, 0.717) is 31.0 Å². The first-order valence-electron chi connectivity index (χ1n) is 5.01. The summed E-state index contributed by atoms with van der Waals surface area (Å²) in [6.07, 6.45) is -2.66. The van der Waals surface area contributed by atoms with E-state index in [1.807, 2.05) is 0 Å². The van der Waals surface area contributed by atoms with Crippen molar-refractivity contribution >= 4 is 0 Å². The van der Waals surface area contributed by atoms with Gasteiger partial charge in [-0.1, -0.05) is 6.07 Å². The van der Waals surface area contributed by atoms with Crippen molar-refractivity contribution in [3.05, 3.63) is 35.1 Å². The highest BCUT2D eigenvalue weighted by atomic mass is 19.4. The molecule has 0 unspecified atom stereocenters. The van der Waals surface area contributed by atoms with E-state index in [0.717, 1.165) is 12.5 Å². The summed E-state index contributed by atoms with van der Waals surface area (Å²) in [7, 11) is 0. The zero-order valence-electron chi connectivity index (χ0n) is 8.65. The molecule has 0 heterocycles. The van der Waals surface area contributed by atoms with Crippen LogP contribution < -0.4 is 5.73 Å². The summed E-state index contributed by atoms with van der Waals surface area (Å²) in [5.74, 6) is -0.799. The fourth-order valence-corrected chi connectivity index (χ4v) is 1.39. The van der Waals surface area contributed by atoms with E-state index in [2.05, 4.69) is 0 Å². The van der Waals surface area contributed by atoms with Gasteiger partial charge in [-0.25, -0.2) is 4.39 Å². The SMILES string of the molecule is NCCCCc1ccc(C(F)(F)F)cc1F. The van der Waals surface area contributed by atoms with E-state index in [1.165, 1.54) is 6.07 Å². The van der Waals surface area contributed by atoms with Crippen LogP contribution in [0.2, 0.25) is 0 Å². The molecule has 90 valence electrons. The van der Waals surface area contributed by atoms with E-state index < -0.39 is 17.6 Å². The Balaban J connectivity index is 2.76. The van der Waals surface area contributed by atoms with Crippen LogP contribution in [0.15, 0.2) is 18.2 Å². The number of alkyl halides is 3. The topological polar surface area (TPSA) is 26.0 Å². The van der Waals surface area contributed by atoms with E-state index in [4.69, 9.17) is 5.73 Å². The van der Waals surface area contributed by atoms with Gasteiger partial charge in [0.15, 0.2) is 0 Å². The minimum absolute atomic E-state index is 0.307. The summed E-state index contributed by atoms with van der Waals surface area (Å²) in [5, 5.41) is 0. The quantitative estimate of drug-likeness (QED) is 0.629. The molecule has 1 rings (SSSR count). The molecule has 0 saturated heterocycles. The fraction of sp³-hybridized carbons (Fsp3) is 0.455. The number of unbranched alkanes of at least 4 members (excludes halogenated alkanes) is 1. The lowest BCUT2D eigenvalue weighted by molar-refractivity contribution is -0.137. The van der Waals surface area contributed by atoms with Gasteiger partial charge in [-0.15, -0.1) is 0 Å². The molecule has 0 spiro atoms. The van der Waals surface area contributed by atoms with Gasteiger partial charge in [-0.05, 0) is 43.5 Å². The second-order valence-corrected chi connectivity index (χ2v) is 3.55. The van der Waals surface area contributed by atoms with Gasteiger partial charge in [0.1, 0.15) is 5.82 Å². The molecule has 16 heavy (non-hydrogen) atoms. The molecule has 1 aromatic rings.